The monoisotopic (exact) mass is 317 g/mol. The summed E-state index contributed by atoms with van der Waals surface area (Å²) in [6, 6.07) is 4.48. The molecule has 0 saturated heterocycles. The Morgan fingerprint density at radius 3 is 2.70 bits per heavy atom. The molecule has 1 amide bonds. The Morgan fingerprint density at radius 1 is 1.30 bits per heavy atom. The first kappa shape index (κ1) is 17.2. The summed E-state index contributed by atoms with van der Waals surface area (Å²) in [6.45, 7) is 4.07. The zero-order valence-corrected chi connectivity index (χ0v) is 13.8. The third-order valence-corrected chi connectivity index (χ3v) is 4.45. The summed E-state index contributed by atoms with van der Waals surface area (Å²) in [4.78, 5) is 36.3. The highest BCUT2D eigenvalue weighted by Crippen LogP contribution is 2.25. The van der Waals surface area contributed by atoms with E-state index in [1.54, 1.807) is 18.2 Å². The van der Waals surface area contributed by atoms with Gasteiger partial charge in [-0.25, -0.2) is 4.79 Å². The number of carbonyl (C=O) groups excluding carboxylic acids is 3. The second-order valence-electron chi connectivity index (χ2n) is 6.05. The van der Waals surface area contributed by atoms with E-state index in [1.807, 2.05) is 13.8 Å². The number of rotatable bonds is 6. The van der Waals surface area contributed by atoms with Gasteiger partial charge in [0.25, 0.3) is 5.91 Å². The minimum atomic E-state index is -0.671. The number of Topliss-reactive ketones (excluding diaryl/α,β-unsaturated/α-hetero) is 1. The van der Waals surface area contributed by atoms with Gasteiger partial charge in [0.05, 0.1) is 7.11 Å². The van der Waals surface area contributed by atoms with Crippen LogP contribution in [0.3, 0.4) is 0 Å². The van der Waals surface area contributed by atoms with Crippen molar-refractivity contribution in [1.29, 1.82) is 0 Å². The van der Waals surface area contributed by atoms with E-state index in [-0.39, 0.29) is 11.7 Å². The van der Waals surface area contributed by atoms with Gasteiger partial charge in [0, 0.05) is 17.5 Å². The highest BCUT2D eigenvalue weighted by atomic mass is 16.5. The summed E-state index contributed by atoms with van der Waals surface area (Å²) < 4.78 is 4.80. The van der Waals surface area contributed by atoms with E-state index in [1.165, 1.54) is 7.11 Å². The van der Waals surface area contributed by atoms with Crippen molar-refractivity contribution in [2.24, 2.45) is 5.92 Å². The van der Waals surface area contributed by atoms with Crippen LogP contribution < -0.4 is 5.32 Å². The first-order chi connectivity index (χ1) is 11.0. The quantitative estimate of drug-likeness (QED) is 0.818. The summed E-state index contributed by atoms with van der Waals surface area (Å²) in [6.07, 6.45) is 2.46. The Bertz CT molecular complexity index is 623. The van der Waals surface area contributed by atoms with Crippen LogP contribution in [0, 0.1) is 5.92 Å². The van der Waals surface area contributed by atoms with Crippen LogP contribution in [0.15, 0.2) is 18.2 Å². The third-order valence-electron chi connectivity index (χ3n) is 4.45. The summed E-state index contributed by atoms with van der Waals surface area (Å²) in [5, 5.41) is 2.77. The molecule has 0 spiro atoms. The second-order valence-corrected chi connectivity index (χ2v) is 6.05. The zero-order chi connectivity index (χ0) is 17.0. The highest BCUT2D eigenvalue weighted by molar-refractivity contribution is 6.06. The largest absolute Gasteiger partial charge is 0.467 e. The molecular weight excluding hydrogens is 294 g/mol. The summed E-state index contributed by atoms with van der Waals surface area (Å²) in [5.74, 6) is -0.404. The van der Waals surface area contributed by atoms with Crippen molar-refractivity contribution < 1.29 is 19.1 Å². The number of esters is 1. The van der Waals surface area contributed by atoms with Crippen LogP contribution in [0.5, 0.6) is 0 Å². The molecule has 0 radical (unpaired) electrons. The number of benzene rings is 1. The predicted octanol–water partition coefficient (Wildman–Crippen LogP) is 2.52. The maximum absolute atomic E-state index is 12.6. The number of fused-ring (bicyclic) bond motifs is 1. The number of hydrogen-bond acceptors (Lipinski definition) is 4. The van der Waals surface area contributed by atoms with Crippen molar-refractivity contribution >= 4 is 17.7 Å². The van der Waals surface area contributed by atoms with Gasteiger partial charge in [0.2, 0.25) is 0 Å². The first-order valence-electron chi connectivity index (χ1n) is 8.01. The number of nitrogens with one attached hydrogen (secondary N) is 1. The number of hydrogen-bond donors (Lipinski definition) is 1. The lowest BCUT2D eigenvalue weighted by molar-refractivity contribution is -0.143. The molecule has 2 rings (SSSR count). The van der Waals surface area contributed by atoms with Crippen molar-refractivity contribution in [3.8, 4) is 0 Å². The molecule has 1 aliphatic rings. The van der Waals surface area contributed by atoms with Gasteiger partial charge in [0.1, 0.15) is 6.04 Å². The van der Waals surface area contributed by atoms with Gasteiger partial charge < -0.3 is 10.1 Å². The Kier molecular flexibility index (Phi) is 5.53. The number of amides is 1. The van der Waals surface area contributed by atoms with Gasteiger partial charge in [-0.2, -0.15) is 0 Å². The molecule has 2 atom stereocenters. The van der Waals surface area contributed by atoms with Crippen molar-refractivity contribution in [1.82, 2.24) is 5.32 Å². The smallest absolute Gasteiger partial charge is 0.328 e. The highest BCUT2D eigenvalue weighted by Gasteiger charge is 2.28. The summed E-state index contributed by atoms with van der Waals surface area (Å²) in [7, 11) is 1.32. The van der Waals surface area contributed by atoms with Crippen molar-refractivity contribution in [2.75, 3.05) is 7.11 Å². The molecule has 0 heterocycles. The van der Waals surface area contributed by atoms with Gasteiger partial charge in [-0.05, 0) is 30.4 Å². The van der Waals surface area contributed by atoms with Crippen LogP contribution in [0.25, 0.3) is 0 Å². The lowest BCUT2D eigenvalue weighted by Gasteiger charge is -2.20. The van der Waals surface area contributed by atoms with Crippen molar-refractivity contribution in [3.05, 3.63) is 34.9 Å². The standard InChI is InChI=1S/C18H23NO4/c1-4-11(2)10-15(18(22)23-3)19-17(21)14-7-5-6-13-12(14)8-9-16(13)20/h5-7,11,15H,4,8-10H2,1-3H3,(H,19,21). The molecule has 5 heteroatoms. The van der Waals surface area contributed by atoms with E-state index in [2.05, 4.69) is 5.32 Å². The molecule has 0 aliphatic heterocycles. The van der Waals surface area contributed by atoms with Crippen LogP contribution in [0.1, 0.15) is 59.4 Å². The molecule has 124 valence electrons. The molecule has 1 aliphatic carbocycles. The van der Waals surface area contributed by atoms with E-state index >= 15 is 0 Å². The zero-order valence-electron chi connectivity index (χ0n) is 13.8. The van der Waals surface area contributed by atoms with Gasteiger partial charge in [0.15, 0.2) is 5.78 Å². The van der Waals surface area contributed by atoms with Crippen molar-refractivity contribution in [3.63, 3.8) is 0 Å². The lowest BCUT2D eigenvalue weighted by Crippen LogP contribution is -2.42. The molecule has 2 unspecified atom stereocenters. The van der Waals surface area contributed by atoms with Crippen LogP contribution in [-0.4, -0.2) is 30.8 Å². The normalized spacial score (nSPS) is 15.7. The third kappa shape index (κ3) is 3.78. The summed E-state index contributed by atoms with van der Waals surface area (Å²) >= 11 is 0. The molecule has 0 saturated carbocycles. The molecule has 5 nitrogen and oxygen atoms in total. The fourth-order valence-electron chi connectivity index (χ4n) is 2.86. The van der Waals surface area contributed by atoms with Crippen LogP contribution in [0.4, 0.5) is 0 Å². The maximum atomic E-state index is 12.6. The Morgan fingerprint density at radius 2 is 2.04 bits per heavy atom. The average Bonchev–Trinajstić information content (AvgIpc) is 2.94. The van der Waals surface area contributed by atoms with E-state index in [4.69, 9.17) is 4.74 Å². The molecule has 0 bridgehead atoms. The SMILES string of the molecule is CCC(C)CC(NC(=O)c1cccc2c1CCC2=O)C(=O)OC. The molecule has 1 aromatic carbocycles. The minimum absolute atomic E-state index is 0.0683. The Labute approximate surface area is 136 Å². The van der Waals surface area contributed by atoms with Gasteiger partial charge in [-0.15, -0.1) is 0 Å². The number of carbonyl (C=O) groups is 3. The Balaban J connectivity index is 2.19. The Hall–Kier alpha value is -2.17. The van der Waals surface area contributed by atoms with E-state index < -0.39 is 12.0 Å². The second kappa shape index (κ2) is 7.40. The van der Waals surface area contributed by atoms with Crippen LogP contribution in [0.2, 0.25) is 0 Å². The summed E-state index contributed by atoms with van der Waals surface area (Å²) in [5.41, 5.74) is 1.88. The number of ether oxygens (including phenoxy) is 1. The number of ketones is 1. The molecular formula is C18H23NO4. The predicted molar refractivity (Wildman–Crippen MR) is 86.4 cm³/mol. The molecule has 1 N–H and O–H groups in total. The number of methoxy groups -OCH3 is 1. The first-order valence-corrected chi connectivity index (χ1v) is 8.01. The fraction of sp³-hybridized carbons (Fsp3) is 0.500. The minimum Gasteiger partial charge on any atom is -0.467 e. The van der Waals surface area contributed by atoms with Crippen LogP contribution in [-0.2, 0) is 16.0 Å². The van der Waals surface area contributed by atoms with Crippen LogP contribution >= 0.6 is 0 Å². The van der Waals surface area contributed by atoms with E-state index in [0.29, 0.717) is 36.3 Å². The molecule has 23 heavy (non-hydrogen) atoms. The van der Waals surface area contributed by atoms with Gasteiger partial charge in [-0.3, -0.25) is 9.59 Å². The van der Waals surface area contributed by atoms with Crippen molar-refractivity contribution in [2.45, 2.75) is 45.6 Å². The lowest BCUT2D eigenvalue weighted by atomic mass is 9.98. The topological polar surface area (TPSA) is 72.5 Å². The molecule has 0 fully saturated rings. The molecule has 0 aromatic heterocycles. The van der Waals surface area contributed by atoms with Gasteiger partial charge >= 0.3 is 5.97 Å². The molecule has 1 aromatic rings. The van der Waals surface area contributed by atoms with E-state index in [9.17, 15) is 14.4 Å². The van der Waals surface area contributed by atoms with E-state index in [0.717, 1.165) is 12.0 Å². The maximum Gasteiger partial charge on any atom is 0.328 e. The average molecular weight is 317 g/mol. The van der Waals surface area contributed by atoms with Gasteiger partial charge in [-0.1, -0.05) is 32.4 Å². The fourth-order valence-corrected chi connectivity index (χ4v) is 2.86.